The molecule has 0 radical (unpaired) electrons. The summed E-state index contributed by atoms with van der Waals surface area (Å²) in [4.78, 5) is 0. The average Bonchev–Trinajstić information content (AvgIpc) is 2.22. The van der Waals surface area contributed by atoms with Crippen molar-refractivity contribution in [3.8, 4) is 0 Å². The van der Waals surface area contributed by atoms with Crippen LogP contribution >= 0.6 is 0 Å². The Balaban J connectivity index is 4.18. The number of rotatable bonds is 7. The van der Waals surface area contributed by atoms with Crippen LogP contribution in [0.5, 0.6) is 0 Å². The molecule has 0 bridgehead atoms. The van der Waals surface area contributed by atoms with Crippen LogP contribution in [0, 0.1) is 5.92 Å². The van der Waals surface area contributed by atoms with E-state index >= 15 is 0 Å². The molecule has 3 nitrogen and oxygen atoms in total. The van der Waals surface area contributed by atoms with Crippen LogP contribution in [0.1, 0.15) is 27.2 Å². The molecule has 0 aromatic heterocycles. The fourth-order valence-electron chi connectivity index (χ4n) is 1.05. The van der Waals surface area contributed by atoms with E-state index in [-0.39, 0.29) is 0 Å². The molecular formula is C11H22N2O. The van der Waals surface area contributed by atoms with Crippen LogP contribution in [0.2, 0.25) is 0 Å². The highest BCUT2D eigenvalue weighted by Gasteiger charge is 2.03. The lowest BCUT2D eigenvalue weighted by Gasteiger charge is -2.16. The van der Waals surface area contributed by atoms with E-state index in [1.807, 2.05) is 11.2 Å². The first-order chi connectivity index (χ1) is 6.65. The molecule has 0 N–H and O–H groups in total. The third-order valence-electron chi connectivity index (χ3n) is 2.45. The van der Waals surface area contributed by atoms with Gasteiger partial charge in [-0.3, -0.25) is 5.01 Å². The van der Waals surface area contributed by atoms with Crippen LogP contribution in [0.15, 0.2) is 16.9 Å². The van der Waals surface area contributed by atoms with Crippen LogP contribution in [0.3, 0.4) is 0 Å². The summed E-state index contributed by atoms with van der Waals surface area (Å²) in [5.41, 5.74) is 1.33. The number of hydrogen-bond donors (Lipinski definition) is 0. The minimum absolute atomic E-state index is 0.599. The van der Waals surface area contributed by atoms with Gasteiger partial charge < -0.3 is 4.74 Å². The Morgan fingerprint density at radius 1 is 1.64 bits per heavy atom. The number of allylic oxidation sites excluding steroid dienone is 1. The quantitative estimate of drug-likeness (QED) is 0.464. The predicted molar refractivity (Wildman–Crippen MR) is 61.3 cm³/mol. The number of nitrogens with zero attached hydrogens (tertiary/aromatic N) is 2. The van der Waals surface area contributed by atoms with Crippen molar-refractivity contribution in [1.29, 1.82) is 0 Å². The van der Waals surface area contributed by atoms with Gasteiger partial charge in [0.05, 0.1) is 13.2 Å². The summed E-state index contributed by atoms with van der Waals surface area (Å²) in [5.74, 6) is 0.599. The van der Waals surface area contributed by atoms with E-state index in [1.165, 1.54) is 5.57 Å². The minimum Gasteiger partial charge on any atom is -0.383 e. The van der Waals surface area contributed by atoms with E-state index < -0.39 is 0 Å². The Kier molecular flexibility index (Phi) is 7.11. The van der Waals surface area contributed by atoms with Gasteiger partial charge in [0.15, 0.2) is 0 Å². The van der Waals surface area contributed by atoms with E-state index in [4.69, 9.17) is 4.74 Å². The van der Waals surface area contributed by atoms with Crippen LogP contribution in [-0.2, 0) is 4.74 Å². The zero-order valence-corrected chi connectivity index (χ0v) is 9.79. The van der Waals surface area contributed by atoms with Crippen LogP contribution < -0.4 is 0 Å². The molecule has 0 saturated heterocycles. The Bertz CT molecular complexity index is 190. The lowest BCUT2D eigenvalue weighted by atomic mass is 10.0. The van der Waals surface area contributed by atoms with Gasteiger partial charge in [0.2, 0.25) is 0 Å². The topological polar surface area (TPSA) is 24.8 Å². The number of methoxy groups -OCH3 is 1. The summed E-state index contributed by atoms with van der Waals surface area (Å²) in [7, 11) is 1.69. The van der Waals surface area contributed by atoms with Crippen molar-refractivity contribution >= 4 is 6.72 Å². The Labute approximate surface area is 87.4 Å². The van der Waals surface area contributed by atoms with Crippen molar-refractivity contribution in [2.24, 2.45) is 11.0 Å². The van der Waals surface area contributed by atoms with Gasteiger partial charge in [-0.2, -0.15) is 5.10 Å². The maximum Gasteiger partial charge on any atom is 0.0658 e. The standard InChI is InChI=1S/C11H22N2O/c1-6-10(2)11(3)9-13(12-4)7-8-14-5/h9-10H,4,6-8H2,1-3,5H3/b11-9+. The van der Waals surface area contributed by atoms with Gasteiger partial charge in [0.1, 0.15) is 0 Å². The molecule has 1 atom stereocenters. The second-order valence-corrected chi connectivity index (χ2v) is 3.48. The van der Waals surface area contributed by atoms with Crippen molar-refractivity contribution in [2.45, 2.75) is 27.2 Å². The molecule has 0 aliphatic heterocycles. The van der Waals surface area contributed by atoms with Crippen molar-refractivity contribution in [3.05, 3.63) is 11.8 Å². The van der Waals surface area contributed by atoms with Crippen LogP contribution in [0.4, 0.5) is 0 Å². The van der Waals surface area contributed by atoms with Gasteiger partial charge in [0, 0.05) is 20.0 Å². The highest BCUT2D eigenvalue weighted by atomic mass is 16.5. The van der Waals surface area contributed by atoms with Gasteiger partial charge in [-0.05, 0) is 19.3 Å². The van der Waals surface area contributed by atoms with Gasteiger partial charge in [-0.1, -0.05) is 19.4 Å². The molecule has 0 spiro atoms. The highest BCUT2D eigenvalue weighted by Crippen LogP contribution is 2.13. The molecule has 1 unspecified atom stereocenters. The smallest absolute Gasteiger partial charge is 0.0658 e. The summed E-state index contributed by atoms with van der Waals surface area (Å²) in [6.45, 7) is 11.5. The second kappa shape index (κ2) is 7.56. The first-order valence-corrected chi connectivity index (χ1v) is 5.06. The van der Waals surface area contributed by atoms with Gasteiger partial charge in [-0.25, -0.2) is 0 Å². The van der Waals surface area contributed by atoms with Gasteiger partial charge in [0.25, 0.3) is 0 Å². The third-order valence-corrected chi connectivity index (χ3v) is 2.45. The lowest BCUT2D eigenvalue weighted by molar-refractivity contribution is 0.171. The number of ether oxygens (including phenoxy) is 1. The highest BCUT2D eigenvalue weighted by molar-refractivity contribution is 5.23. The molecule has 0 heterocycles. The molecule has 14 heavy (non-hydrogen) atoms. The lowest BCUT2D eigenvalue weighted by Crippen LogP contribution is -2.16. The molecular weight excluding hydrogens is 176 g/mol. The Morgan fingerprint density at radius 2 is 2.29 bits per heavy atom. The summed E-state index contributed by atoms with van der Waals surface area (Å²) in [6, 6.07) is 0. The van der Waals surface area contributed by atoms with E-state index in [1.54, 1.807) is 7.11 Å². The zero-order valence-electron chi connectivity index (χ0n) is 9.79. The molecule has 0 saturated carbocycles. The van der Waals surface area contributed by atoms with E-state index in [0.717, 1.165) is 13.0 Å². The third kappa shape index (κ3) is 5.02. The molecule has 0 aromatic carbocycles. The van der Waals surface area contributed by atoms with Crippen molar-refractivity contribution in [3.63, 3.8) is 0 Å². The van der Waals surface area contributed by atoms with Gasteiger partial charge in [-0.15, -0.1) is 0 Å². The largest absolute Gasteiger partial charge is 0.383 e. The summed E-state index contributed by atoms with van der Waals surface area (Å²) < 4.78 is 4.98. The fraction of sp³-hybridized carbons (Fsp3) is 0.727. The molecule has 0 aliphatic carbocycles. The Hall–Kier alpha value is -0.830. The maximum absolute atomic E-state index is 4.98. The minimum atomic E-state index is 0.599. The Morgan fingerprint density at radius 3 is 2.71 bits per heavy atom. The molecule has 82 valence electrons. The number of hydrazone groups is 1. The average molecular weight is 198 g/mol. The second-order valence-electron chi connectivity index (χ2n) is 3.48. The van der Waals surface area contributed by atoms with Crippen molar-refractivity contribution < 1.29 is 4.74 Å². The fourth-order valence-corrected chi connectivity index (χ4v) is 1.05. The van der Waals surface area contributed by atoms with E-state index in [2.05, 4.69) is 32.6 Å². The first kappa shape index (κ1) is 13.2. The zero-order chi connectivity index (χ0) is 11.0. The molecule has 0 aliphatic rings. The van der Waals surface area contributed by atoms with Crippen molar-refractivity contribution in [2.75, 3.05) is 20.3 Å². The molecule has 0 amide bonds. The summed E-state index contributed by atoms with van der Waals surface area (Å²) in [5, 5.41) is 5.73. The monoisotopic (exact) mass is 198 g/mol. The molecule has 0 fully saturated rings. The summed E-state index contributed by atoms with van der Waals surface area (Å²) >= 11 is 0. The van der Waals surface area contributed by atoms with E-state index in [0.29, 0.717) is 12.5 Å². The van der Waals surface area contributed by atoms with E-state index in [9.17, 15) is 0 Å². The van der Waals surface area contributed by atoms with Gasteiger partial charge >= 0.3 is 0 Å². The predicted octanol–water partition coefficient (Wildman–Crippen LogP) is 2.50. The maximum atomic E-state index is 4.98. The first-order valence-electron chi connectivity index (χ1n) is 5.06. The molecule has 3 heteroatoms. The summed E-state index contributed by atoms with van der Waals surface area (Å²) in [6.07, 6.45) is 3.19. The molecule has 0 rings (SSSR count). The van der Waals surface area contributed by atoms with Crippen LogP contribution in [-0.4, -0.2) is 32.0 Å². The molecule has 0 aromatic rings. The number of hydrogen-bond acceptors (Lipinski definition) is 3. The van der Waals surface area contributed by atoms with Crippen LogP contribution in [0.25, 0.3) is 0 Å². The normalized spacial score (nSPS) is 13.9. The SMILES string of the molecule is C=NN(/C=C(\C)C(C)CC)CCOC. The van der Waals surface area contributed by atoms with Crippen molar-refractivity contribution in [1.82, 2.24) is 5.01 Å².